The van der Waals surface area contributed by atoms with E-state index in [2.05, 4.69) is 4.74 Å². The topological polar surface area (TPSA) is 60.4 Å². The predicted molar refractivity (Wildman–Crippen MR) is 64.9 cm³/mol. The molecule has 4 heteroatoms. The number of hydrogen-bond acceptors (Lipinski definition) is 4. The molecule has 0 aromatic rings. The molecule has 0 aromatic carbocycles. The van der Waals surface area contributed by atoms with Gasteiger partial charge < -0.3 is 4.74 Å². The van der Waals surface area contributed by atoms with E-state index >= 15 is 0 Å². The van der Waals surface area contributed by atoms with E-state index in [4.69, 9.17) is 0 Å². The van der Waals surface area contributed by atoms with Gasteiger partial charge in [0.1, 0.15) is 11.6 Å². The lowest BCUT2D eigenvalue weighted by Crippen LogP contribution is -2.38. The molecular weight excluding hydrogens is 232 g/mol. The Morgan fingerprint density at radius 3 is 2.89 bits per heavy atom. The molecule has 18 heavy (non-hydrogen) atoms. The average Bonchev–Trinajstić information content (AvgIpc) is 2.67. The number of rotatable bonds is 4. The van der Waals surface area contributed by atoms with E-state index in [9.17, 15) is 14.4 Å². The first-order chi connectivity index (χ1) is 8.58. The zero-order valence-corrected chi connectivity index (χ0v) is 10.9. The number of fused-ring (bicyclic) bond motifs is 1. The fourth-order valence-corrected chi connectivity index (χ4v) is 3.56. The van der Waals surface area contributed by atoms with Crippen molar-refractivity contribution >= 4 is 17.5 Å². The van der Waals surface area contributed by atoms with Crippen molar-refractivity contribution in [1.82, 2.24) is 0 Å². The minimum atomic E-state index is -0.304. The zero-order valence-electron chi connectivity index (χ0n) is 10.9. The fraction of sp³-hybridized carbons (Fsp3) is 0.786. The summed E-state index contributed by atoms with van der Waals surface area (Å²) < 4.78 is 4.61. The first kappa shape index (κ1) is 13.2. The molecule has 2 aliphatic rings. The summed E-state index contributed by atoms with van der Waals surface area (Å²) in [5, 5.41) is 0. The summed E-state index contributed by atoms with van der Waals surface area (Å²) in [6.45, 7) is 0. The first-order valence-corrected chi connectivity index (χ1v) is 6.70. The highest BCUT2D eigenvalue weighted by molar-refractivity contribution is 5.91. The Hall–Kier alpha value is -1.19. The maximum absolute atomic E-state index is 12.2. The van der Waals surface area contributed by atoms with E-state index in [1.165, 1.54) is 7.11 Å². The second-order valence-electron chi connectivity index (χ2n) is 5.49. The van der Waals surface area contributed by atoms with Crippen LogP contribution < -0.4 is 0 Å². The van der Waals surface area contributed by atoms with Crippen molar-refractivity contribution in [2.45, 2.75) is 51.4 Å². The summed E-state index contributed by atoms with van der Waals surface area (Å²) in [7, 11) is 1.38. The van der Waals surface area contributed by atoms with Gasteiger partial charge in [0.15, 0.2) is 0 Å². The Kier molecular flexibility index (Phi) is 3.83. The quantitative estimate of drug-likeness (QED) is 0.718. The molecule has 2 unspecified atom stereocenters. The standard InChI is InChI=1S/C14H20O4/c1-18-13(17)3-2-7-14-8-6-11(15)9-10(14)4-5-12(14)16/h10H,2-9H2,1H3. The molecule has 2 fully saturated rings. The second kappa shape index (κ2) is 5.21. The second-order valence-corrected chi connectivity index (χ2v) is 5.49. The average molecular weight is 252 g/mol. The monoisotopic (exact) mass is 252 g/mol. The molecule has 0 N–H and O–H groups in total. The maximum atomic E-state index is 12.2. The summed E-state index contributed by atoms with van der Waals surface area (Å²) in [5.41, 5.74) is -0.304. The van der Waals surface area contributed by atoms with Crippen molar-refractivity contribution in [3.8, 4) is 0 Å². The molecule has 0 bridgehead atoms. The Balaban J connectivity index is 1.99. The zero-order chi connectivity index (χ0) is 13.2. The third-order valence-electron chi connectivity index (χ3n) is 4.61. The van der Waals surface area contributed by atoms with Crippen LogP contribution in [0.1, 0.15) is 51.4 Å². The van der Waals surface area contributed by atoms with E-state index in [-0.39, 0.29) is 17.3 Å². The minimum absolute atomic E-state index is 0.222. The van der Waals surface area contributed by atoms with Gasteiger partial charge >= 0.3 is 5.97 Å². The molecule has 0 amide bonds. The number of carbonyl (C=O) groups excluding carboxylic acids is 3. The van der Waals surface area contributed by atoms with Gasteiger partial charge in [0, 0.05) is 31.1 Å². The van der Waals surface area contributed by atoms with Gasteiger partial charge in [-0.15, -0.1) is 0 Å². The Labute approximate surface area is 107 Å². The lowest BCUT2D eigenvalue weighted by atomic mass is 9.65. The van der Waals surface area contributed by atoms with Crippen molar-refractivity contribution < 1.29 is 19.1 Å². The van der Waals surface area contributed by atoms with Crippen LogP contribution in [0.15, 0.2) is 0 Å². The van der Waals surface area contributed by atoms with Crippen LogP contribution >= 0.6 is 0 Å². The van der Waals surface area contributed by atoms with E-state index < -0.39 is 0 Å². The number of Topliss-reactive ketones (excluding diaryl/α,β-unsaturated/α-hetero) is 2. The predicted octanol–water partition coefficient (Wildman–Crippen LogP) is 2.05. The molecule has 0 radical (unpaired) electrons. The lowest BCUT2D eigenvalue weighted by Gasteiger charge is -2.37. The summed E-state index contributed by atoms with van der Waals surface area (Å²) in [6, 6.07) is 0. The van der Waals surface area contributed by atoms with E-state index in [1.54, 1.807) is 0 Å². The molecule has 4 nitrogen and oxygen atoms in total. The highest BCUT2D eigenvalue weighted by Crippen LogP contribution is 2.52. The van der Waals surface area contributed by atoms with Crippen molar-refractivity contribution in [2.75, 3.05) is 7.11 Å². The maximum Gasteiger partial charge on any atom is 0.305 e. The van der Waals surface area contributed by atoms with Crippen LogP contribution in [-0.2, 0) is 19.1 Å². The van der Waals surface area contributed by atoms with Crippen LogP contribution in [0.3, 0.4) is 0 Å². The van der Waals surface area contributed by atoms with Crippen molar-refractivity contribution in [2.24, 2.45) is 11.3 Å². The van der Waals surface area contributed by atoms with Gasteiger partial charge in [0.25, 0.3) is 0 Å². The van der Waals surface area contributed by atoms with Crippen LogP contribution in [0, 0.1) is 11.3 Å². The van der Waals surface area contributed by atoms with Gasteiger partial charge in [-0.3, -0.25) is 14.4 Å². The third kappa shape index (κ3) is 2.33. The highest BCUT2D eigenvalue weighted by Gasteiger charge is 2.51. The van der Waals surface area contributed by atoms with Gasteiger partial charge in [-0.05, 0) is 31.6 Å². The van der Waals surface area contributed by atoms with Gasteiger partial charge in [-0.1, -0.05) is 0 Å². The number of esters is 1. The summed E-state index contributed by atoms with van der Waals surface area (Å²) in [5.74, 6) is 0.604. The first-order valence-electron chi connectivity index (χ1n) is 6.70. The van der Waals surface area contributed by atoms with Crippen LogP contribution in [0.4, 0.5) is 0 Å². The molecular formula is C14H20O4. The van der Waals surface area contributed by atoms with Crippen LogP contribution in [-0.4, -0.2) is 24.6 Å². The SMILES string of the molecule is COC(=O)CCCC12CCC(=O)CC1CCC2=O. The number of ether oxygens (including phenoxy) is 1. The number of ketones is 2. The molecule has 2 aliphatic carbocycles. The Morgan fingerprint density at radius 2 is 2.17 bits per heavy atom. The fourth-order valence-electron chi connectivity index (χ4n) is 3.56. The number of carbonyl (C=O) groups is 3. The van der Waals surface area contributed by atoms with Crippen LogP contribution in [0.25, 0.3) is 0 Å². The lowest BCUT2D eigenvalue weighted by molar-refractivity contribution is -0.142. The van der Waals surface area contributed by atoms with E-state index in [0.29, 0.717) is 50.1 Å². The van der Waals surface area contributed by atoms with Gasteiger partial charge in [-0.25, -0.2) is 0 Å². The number of methoxy groups -OCH3 is 1. The van der Waals surface area contributed by atoms with Gasteiger partial charge in [0.2, 0.25) is 0 Å². The van der Waals surface area contributed by atoms with Crippen molar-refractivity contribution in [3.05, 3.63) is 0 Å². The molecule has 0 heterocycles. The smallest absolute Gasteiger partial charge is 0.305 e. The minimum Gasteiger partial charge on any atom is -0.469 e. The van der Waals surface area contributed by atoms with Crippen LogP contribution in [0.5, 0.6) is 0 Å². The van der Waals surface area contributed by atoms with Crippen LogP contribution in [0.2, 0.25) is 0 Å². The summed E-state index contributed by atoms with van der Waals surface area (Å²) in [6.07, 6.45) is 5.02. The molecule has 0 aromatic heterocycles. The van der Waals surface area contributed by atoms with E-state index in [1.807, 2.05) is 0 Å². The summed E-state index contributed by atoms with van der Waals surface area (Å²) >= 11 is 0. The molecule has 0 aliphatic heterocycles. The molecule has 100 valence electrons. The highest BCUT2D eigenvalue weighted by atomic mass is 16.5. The Bertz CT molecular complexity index is 374. The number of hydrogen-bond donors (Lipinski definition) is 0. The van der Waals surface area contributed by atoms with Crippen molar-refractivity contribution in [1.29, 1.82) is 0 Å². The third-order valence-corrected chi connectivity index (χ3v) is 4.61. The summed E-state index contributed by atoms with van der Waals surface area (Å²) in [4.78, 5) is 34.8. The molecule has 2 rings (SSSR count). The van der Waals surface area contributed by atoms with Crippen molar-refractivity contribution in [3.63, 3.8) is 0 Å². The molecule has 0 saturated heterocycles. The normalized spacial score (nSPS) is 31.3. The van der Waals surface area contributed by atoms with E-state index in [0.717, 1.165) is 12.8 Å². The molecule has 2 saturated carbocycles. The molecule has 0 spiro atoms. The largest absolute Gasteiger partial charge is 0.469 e. The van der Waals surface area contributed by atoms with Gasteiger partial charge in [-0.2, -0.15) is 0 Å². The Morgan fingerprint density at radius 1 is 1.39 bits per heavy atom. The molecule has 2 atom stereocenters. The van der Waals surface area contributed by atoms with Gasteiger partial charge in [0.05, 0.1) is 7.11 Å².